The molecule has 2 aromatic rings. The summed E-state index contributed by atoms with van der Waals surface area (Å²) in [5.41, 5.74) is 0.997. The maximum absolute atomic E-state index is 11.2. The molecule has 132 valence electrons. The van der Waals surface area contributed by atoms with Crippen LogP contribution >= 0.6 is 11.6 Å². The van der Waals surface area contributed by atoms with Crippen molar-refractivity contribution in [2.45, 2.75) is 45.1 Å². The fourth-order valence-corrected chi connectivity index (χ4v) is 2.59. The van der Waals surface area contributed by atoms with E-state index in [4.69, 9.17) is 11.6 Å². The number of benzene rings is 1. The highest BCUT2D eigenvalue weighted by molar-refractivity contribution is 6.31. The largest absolute Gasteiger partial charge is 0.350 e. The van der Waals surface area contributed by atoms with Crippen LogP contribution in [0.4, 0.5) is 23.1 Å². The number of nitro benzene ring substituents is 1. The Balaban J connectivity index is 1.97. The molecule has 0 unspecified atom stereocenters. The molecule has 3 rings (SSSR count). The third kappa shape index (κ3) is 4.57. The Bertz CT molecular complexity index is 815. The van der Waals surface area contributed by atoms with Crippen LogP contribution in [-0.4, -0.2) is 20.4 Å². The fourth-order valence-electron chi connectivity index (χ4n) is 2.42. The summed E-state index contributed by atoms with van der Waals surface area (Å²) in [5, 5.41) is 17.9. The van der Waals surface area contributed by atoms with Gasteiger partial charge in [0.2, 0.25) is 5.95 Å². The first-order valence-electron chi connectivity index (χ1n) is 8.09. The molecule has 1 aliphatic carbocycles. The number of halogens is 1. The number of hydrogen-bond acceptors (Lipinski definition) is 6. The van der Waals surface area contributed by atoms with Crippen LogP contribution in [0.25, 0.3) is 0 Å². The number of anilines is 3. The van der Waals surface area contributed by atoms with Crippen molar-refractivity contribution >= 4 is 34.7 Å². The summed E-state index contributed by atoms with van der Waals surface area (Å²) in [6.45, 7) is 6.07. The zero-order chi connectivity index (χ0) is 18.2. The van der Waals surface area contributed by atoms with Crippen molar-refractivity contribution in [3.05, 3.63) is 45.1 Å². The minimum atomic E-state index is -0.448. The second-order valence-corrected chi connectivity index (χ2v) is 7.63. The van der Waals surface area contributed by atoms with E-state index in [-0.39, 0.29) is 11.2 Å². The molecule has 1 aliphatic rings. The lowest BCUT2D eigenvalue weighted by molar-refractivity contribution is -0.383. The first kappa shape index (κ1) is 17.4. The Labute approximate surface area is 151 Å². The summed E-state index contributed by atoms with van der Waals surface area (Å²) in [6, 6.07) is 6.24. The third-order valence-electron chi connectivity index (χ3n) is 3.65. The minimum Gasteiger partial charge on any atom is -0.350 e. The van der Waals surface area contributed by atoms with Crippen LogP contribution in [-0.2, 0) is 0 Å². The lowest BCUT2D eigenvalue weighted by Gasteiger charge is -2.21. The summed E-state index contributed by atoms with van der Waals surface area (Å²) in [6.07, 6.45) is 2.20. The molecular formula is C17H20ClN5O2. The highest BCUT2D eigenvalue weighted by Gasteiger charge is 2.27. The smallest absolute Gasteiger partial charge is 0.292 e. The fraction of sp³-hybridized carbons (Fsp3) is 0.412. The lowest BCUT2D eigenvalue weighted by Crippen LogP contribution is -2.27. The van der Waals surface area contributed by atoms with E-state index >= 15 is 0 Å². The molecule has 1 fully saturated rings. The van der Waals surface area contributed by atoms with Crippen molar-refractivity contribution in [1.29, 1.82) is 0 Å². The molecule has 0 aliphatic heterocycles. The Hall–Kier alpha value is -2.41. The van der Waals surface area contributed by atoms with E-state index in [1.165, 1.54) is 18.2 Å². The Morgan fingerprint density at radius 1 is 1.24 bits per heavy atom. The standard InChI is InChI=1S/C17H20ClN5O2/c1-17(2,3)22-16-20-12(10-4-5-10)9-15(21-16)19-13-8-11(18)6-7-14(13)23(24)25/h6-10H,4-5H2,1-3H3,(H2,19,20,21,22). The second-order valence-electron chi connectivity index (χ2n) is 7.19. The number of rotatable bonds is 5. The van der Waals surface area contributed by atoms with Crippen LogP contribution in [0, 0.1) is 10.1 Å². The molecule has 0 saturated heterocycles. The van der Waals surface area contributed by atoms with Crippen molar-refractivity contribution < 1.29 is 4.92 Å². The van der Waals surface area contributed by atoms with Gasteiger partial charge < -0.3 is 10.6 Å². The summed E-state index contributed by atoms with van der Waals surface area (Å²) < 4.78 is 0. The molecule has 0 bridgehead atoms. The Kier molecular flexibility index (Phi) is 4.51. The van der Waals surface area contributed by atoms with Crippen LogP contribution in [0.1, 0.15) is 45.2 Å². The normalized spacial score (nSPS) is 14.2. The van der Waals surface area contributed by atoms with Crippen molar-refractivity contribution in [2.75, 3.05) is 10.6 Å². The van der Waals surface area contributed by atoms with Crippen molar-refractivity contribution in [2.24, 2.45) is 0 Å². The summed E-state index contributed by atoms with van der Waals surface area (Å²) in [4.78, 5) is 19.8. The van der Waals surface area contributed by atoms with Gasteiger partial charge >= 0.3 is 0 Å². The van der Waals surface area contributed by atoms with Crippen LogP contribution in [0.5, 0.6) is 0 Å². The van der Waals surface area contributed by atoms with Crippen molar-refractivity contribution in [3.63, 3.8) is 0 Å². The van der Waals surface area contributed by atoms with E-state index < -0.39 is 4.92 Å². The molecule has 1 saturated carbocycles. The second kappa shape index (κ2) is 6.48. The van der Waals surface area contributed by atoms with Gasteiger partial charge in [0.25, 0.3) is 5.69 Å². The monoisotopic (exact) mass is 361 g/mol. The van der Waals surface area contributed by atoms with Crippen molar-refractivity contribution in [3.8, 4) is 0 Å². The molecule has 2 N–H and O–H groups in total. The summed E-state index contributed by atoms with van der Waals surface area (Å²) >= 11 is 5.99. The van der Waals surface area contributed by atoms with E-state index in [2.05, 4.69) is 20.6 Å². The predicted octanol–water partition coefficient (Wildman–Crippen LogP) is 4.87. The molecule has 0 atom stereocenters. The quantitative estimate of drug-likeness (QED) is 0.583. The molecule has 1 aromatic carbocycles. The number of hydrogen-bond donors (Lipinski definition) is 2. The SMILES string of the molecule is CC(C)(C)Nc1nc(Nc2cc(Cl)ccc2[N+](=O)[O-])cc(C2CC2)n1. The number of nitrogens with zero attached hydrogens (tertiary/aromatic N) is 3. The summed E-state index contributed by atoms with van der Waals surface area (Å²) in [7, 11) is 0. The molecule has 0 amide bonds. The minimum absolute atomic E-state index is 0.0543. The van der Waals surface area contributed by atoms with Gasteiger partial charge in [0.05, 0.1) is 10.6 Å². The molecule has 7 nitrogen and oxygen atoms in total. The zero-order valence-electron chi connectivity index (χ0n) is 14.3. The first-order chi connectivity index (χ1) is 11.7. The van der Waals surface area contributed by atoms with Gasteiger partial charge in [0, 0.05) is 28.6 Å². The van der Waals surface area contributed by atoms with E-state index in [0.29, 0.717) is 28.4 Å². The van der Waals surface area contributed by atoms with Crippen LogP contribution in [0.3, 0.4) is 0 Å². The van der Waals surface area contributed by atoms with Crippen LogP contribution < -0.4 is 10.6 Å². The molecule has 25 heavy (non-hydrogen) atoms. The lowest BCUT2D eigenvalue weighted by atomic mass is 10.1. The van der Waals surface area contributed by atoms with E-state index in [0.717, 1.165) is 18.5 Å². The van der Waals surface area contributed by atoms with Gasteiger partial charge in [0.1, 0.15) is 11.5 Å². The molecular weight excluding hydrogens is 342 g/mol. The highest BCUT2D eigenvalue weighted by Crippen LogP contribution is 2.40. The van der Waals surface area contributed by atoms with Gasteiger partial charge in [-0.05, 0) is 45.7 Å². The number of aromatic nitrogens is 2. The van der Waals surface area contributed by atoms with Gasteiger partial charge in [-0.2, -0.15) is 4.98 Å². The van der Waals surface area contributed by atoms with Gasteiger partial charge in [-0.15, -0.1) is 0 Å². The van der Waals surface area contributed by atoms with Crippen LogP contribution in [0.15, 0.2) is 24.3 Å². The molecule has 0 spiro atoms. The predicted molar refractivity (Wildman–Crippen MR) is 98.8 cm³/mol. The van der Waals surface area contributed by atoms with Gasteiger partial charge in [-0.25, -0.2) is 4.98 Å². The molecule has 0 radical (unpaired) electrons. The van der Waals surface area contributed by atoms with Gasteiger partial charge in [0.15, 0.2) is 0 Å². The average molecular weight is 362 g/mol. The van der Waals surface area contributed by atoms with Crippen LogP contribution in [0.2, 0.25) is 5.02 Å². The summed E-state index contributed by atoms with van der Waals surface area (Å²) in [5.74, 6) is 1.44. The maximum Gasteiger partial charge on any atom is 0.292 e. The third-order valence-corrected chi connectivity index (χ3v) is 3.88. The average Bonchev–Trinajstić information content (AvgIpc) is 3.29. The number of nitro groups is 1. The molecule has 1 heterocycles. The molecule has 8 heteroatoms. The Morgan fingerprint density at radius 2 is 1.96 bits per heavy atom. The van der Waals surface area contributed by atoms with Gasteiger partial charge in [-0.1, -0.05) is 11.6 Å². The molecule has 1 aromatic heterocycles. The highest BCUT2D eigenvalue weighted by atomic mass is 35.5. The van der Waals surface area contributed by atoms with Gasteiger partial charge in [-0.3, -0.25) is 10.1 Å². The number of nitrogens with one attached hydrogen (secondary N) is 2. The maximum atomic E-state index is 11.2. The Morgan fingerprint density at radius 3 is 2.56 bits per heavy atom. The van der Waals surface area contributed by atoms with E-state index in [9.17, 15) is 10.1 Å². The van der Waals surface area contributed by atoms with E-state index in [1.54, 1.807) is 0 Å². The topological polar surface area (TPSA) is 93.0 Å². The van der Waals surface area contributed by atoms with Crippen molar-refractivity contribution in [1.82, 2.24) is 9.97 Å². The van der Waals surface area contributed by atoms with E-state index in [1.807, 2.05) is 26.8 Å². The zero-order valence-corrected chi connectivity index (χ0v) is 15.1. The first-order valence-corrected chi connectivity index (χ1v) is 8.47.